The number of esters is 1. The van der Waals surface area contributed by atoms with Gasteiger partial charge in [-0.15, -0.1) is 0 Å². The maximum atomic E-state index is 11.5. The highest BCUT2D eigenvalue weighted by Gasteiger charge is 2.37. The molecule has 0 radical (unpaired) electrons. The van der Waals surface area contributed by atoms with Gasteiger partial charge in [-0.25, -0.2) is 0 Å². The molecule has 2 unspecified atom stereocenters. The predicted octanol–water partition coefficient (Wildman–Crippen LogP) is 0.718. The van der Waals surface area contributed by atoms with Crippen LogP contribution in [0.3, 0.4) is 0 Å². The van der Waals surface area contributed by atoms with Crippen LogP contribution in [0.25, 0.3) is 0 Å². The minimum absolute atomic E-state index is 0.0318. The topological polar surface area (TPSA) is 32.8 Å². The first-order valence-corrected chi connectivity index (χ1v) is 6.32. The van der Waals surface area contributed by atoms with Gasteiger partial charge < -0.3 is 4.74 Å². The van der Waals surface area contributed by atoms with Crippen molar-refractivity contribution < 1.29 is 9.53 Å². The molecule has 4 heteroatoms. The van der Waals surface area contributed by atoms with Crippen molar-refractivity contribution >= 4 is 5.97 Å². The number of rotatable bonds is 4. The number of likely N-dealkylation sites (tertiary alicyclic amines) is 2. The minimum Gasteiger partial charge on any atom is -0.468 e. The third kappa shape index (κ3) is 2.23. The average Bonchev–Trinajstić information content (AvgIpc) is 2.71. The van der Waals surface area contributed by atoms with Gasteiger partial charge in [-0.3, -0.25) is 14.6 Å². The van der Waals surface area contributed by atoms with Crippen molar-refractivity contribution in [3.8, 4) is 0 Å². The SMILES string of the molecule is CCN1CCCC1CN1CCC1C(=O)OC. The third-order valence-corrected chi connectivity index (χ3v) is 3.95. The van der Waals surface area contributed by atoms with Gasteiger partial charge in [0.25, 0.3) is 0 Å². The van der Waals surface area contributed by atoms with Crippen molar-refractivity contribution in [1.29, 1.82) is 0 Å². The Morgan fingerprint density at radius 3 is 2.69 bits per heavy atom. The van der Waals surface area contributed by atoms with Crippen LogP contribution in [0.5, 0.6) is 0 Å². The van der Waals surface area contributed by atoms with E-state index in [9.17, 15) is 4.79 Å². The van der Waals surface area contributed by atoms with Crippen LogP contribution in [0.2, 0.25) is 0 Å². The molecule has 0 N–H and O–H groups in total. The first-order chi connectivity index (χ1) is 7.76. The summed E-state index contributed by atoms with van der Waals surface area (Å²) in [5.74, 6) is -0.0627. The van der Waals surface area contributed by atoms with Crippen LogP contribution >= 0.6 is 0 Å². The highest BCUT2D eigenvalue weighted by atomic mass is 16.5. The normalized spacial score (nSPS) is 31.4. The summed E-state index contributed by atoms with van der Waals surface area (Å²) in [5.41, 5.74) is 0. The highest BCUT2D eigenvalue weighted by molar-refractivity contribution is 5.76. The molecular weight excluding hydrogens is 204 g/mol. The van der Waals surface area contributed by atoms with Crippen LogP contribution in [0, 0.1) is 0 Å². The minimum atomic E-state index is -0.0627. The highest BCUT2D eigenvalue weighted by Crippen LogP contribution is 2.24. The van der Waals surface area contributed by atoms with Crippen LogP contribution in [0.15, 0.2) is 0 Å². The maximum Gasteiger partial charge on any atom is 0.323 e. The predicted molar refractivity (Wildman–Crippen MR) is 62.3 cm³/mol. The molecule has 0 saturated carbocycles. The number of carbonyl (C=O) groups is 1. The summed E-state index contributed by atoms with van der Waals surface area (Å²) in [4.78, 5) is 16.2. The van der Waals surface area contributed by atoms with E-state index in [1.807, 2.05) is 0 Å². The Morgan fingerprint density at radius 1 is 1.31 bits per heavy atom. The Hall–Kier alpha value is -0.610. The molecule has 2 fully saturated rings. The van der Waals surface area contributed by atoms with Crippen LogP contribution < -0.4 is 0 Å². The molecule has 0 bridgehead atoms. The lowest BCUT2D eigenvalue weighted by atomic mass is 10.0. The second kappa shape index (κ2) is 5.15. The van der Waals surface area contributed by atoms with Crippen molar-refractivity contribution in [2.75, 3.05) is 33.3 Å². The molecule has 2 atom stereocenters. The molecule has 2 rings (SSSR count). The molecule has 0 aromatic rings. The van der Waals surface area contributed by atoms with Gasteiger partial charge in [0.1, 0.15) is 6.04 Å². The smallest absolute Gasteiger partial charge is 0.323 e. The zero-order valence-corrected chi connectivity index (χ0v) is 10.3. The number of hydrogen-bond donors (Lipinski definition) is 0. The van der Waals surface area contributed by atoms with E-state index in [2.05, 4.69) is 16.7 Å². The van der Waals surface area contributed by atoms with Crippen LogP contribution in [-0.2, 0) is 9.53 Å². The third-order valence-electron chi connectivity index (χ3n) is 3.95. The van der Waals surface area contributed by atoms with Crippen molar-refractivity contribution in [3.05, 3.63) is 0 Å². The van der Waals surface area contributed by atoms with Gasteiger partial charge >= 0.3 is 5.97 Å². The maximum absolute atomic E-state index is 11.5. The fraction of sp³-hybridized carbons (Fsp3) is 0.917. The number of methoxy groups -OCH3 is 1. The molecule has 0 spiro atoms. The molecule has 16 heavy (non-hydrogen) atoms. The molecule has 2 aliphatic rings. The summed E-state index contributed by atoms with van der Waals surface area (Å²) in [6, 6.07) is 0.682. The van der Waals surface area contributed by atoms with Gasteiger partial charge in [-0.1, -0.05) is 6.92 Å². The van der Waals surface area contributed by atoms with Gasteiger partial charge in [-0.05, 0) is 32.4 Å². The summed E-state index contributed by atoms with van der Waals surface area (Å²) in [7, 11) is 1.48. The Balaban J connectivity index is 1.83. The molecule has 2 aliphatic heterocycles. The molecule has 2 heterocycles. The van der Waals surface area contributed by atoms with Crippen molar-refractivity contribution in [1.82, 2.24) is 9.80 Å². The summed E-state index contributed by atoms with van der Waals surface area (Å²) in [5, 5.41) is 0. The molecule has 2 saturated heterocycles. The van der Waals surface area contributed by atoms with E-state index in [0.717, 1.165) is 26.1 Å². The van der Waals surface area contributed by atoms with Crippen molar-refractivity contribution in [2.45, 2.75) is 38.3 Å². The Bertz CT molecular complexity index is 257. The van der Waals surface area contributed by atoms with E-state index in [1.165, 1.54) is 26.5 Å². The van der Waals surface area contributed by atoms with E-state index in [0.29, 0.717) is 6.04 Å². The van der Waals surface area contributed by atoms with Gasteiger partial charge in [0.2, 0.25) is 0 Å². The Morgan fingerprint density at radius 2 is 2.12 bits per heavy atom. The first kappa shape index (κ1) is 11.9. The molecule has 0 aromatic heterocycles. The molecule has 0 aliphatic carbocycles. The summed E-state index contributed by atoms with van der Waals surface area (Å²) >= 11 is 0. The Labute approximate surface area is 97.5 Å². The zero-order valence-electron chi connectivity index (χ0n) is 10.3. The van der Waals surface area contributed by atoms with Gasteiger partial charge in [0, 0.05) is 19.1 Å². The van der Waals surface area contributed by atoms with Crippen LogP contribution in [-0.4, -0.2) is 61.1 Å². The second-order valence-electron chi connectivity index (χ2n) is 4.75. The summed E-state index contributed by atoms with van der Waals surface area (Å²) in [6.45, 7) is 6.65. The number of ether oxygens (including phenoxy) is 1. The van der Waals surface area contributed by atoms with Crippen LogP contribution in [0.1, 0.15) is 26.2 Å². The van der Waals surface area contributed by atoms with Crippen molar-refractivity contribution in [2.24, 2.45) is 0 Å². The lowest BCUT2D eigenvalue weighted by Crippen LogP contribution is -2.56. The number of likely N-dealkylation sites (N-methyl/N-ethyl adjacent to an activating group) is 1. The molecule has 4 nitrogen and oxygen atoms in total. The monoisotopic (exact) mass is 226 g/mol. The second-order valence-corrected chi connectivity index (χ2v) is 4.75. The lowest BCUT2D eigenvalue weighted by molar-refractivity contribution is -0.152. The van der Waals surface area contributed by atoms with E-state index in [1.54, 1.807) is 0 Å². The molecule has 0 aromatic carbocycles. The van der Waals surface area contributed by atoms with E-state index in [4.69, 9.17) is 4.74 Å². The zero-order chi connectivity index (χ0) is 11.5. The first-order valence-electron chi connectivity index (χ1n) is 6.32. The van der Waals surface area contributed by atoms with Gasteiger partial charge in [0.15, 0.2) is 0 Å². The van der Waals surface area contributed by atoms with Crippen LogP contribution in [0.4, 0.5) is 0 Å². The van der Waals surface area contributed by atoms with Gasteiger partial charge in [-0.2, -0.15) is 0 Å². The molecular formula is C12H22N2O2. The largest absolute Gasteiger partial charge is 0.468 e. The molecule has 92 valence electrons. The average molecular weight is 226 g/mol. The number of nitrogens with zero attached hydrogens (tertiary/aromatic N) is 2. The van der Waals surface area contributed by atoms with E-state index < -0.39 is 0 Å². The number of carbonyl (C=O) groups excluding carboxylic acids is 1. The fourth-order valence-corrected chi connectivity index (χ4v) is 2.85. The van der Waals surface area contributed by atoms with Crippen molar-refractivity contribution in [3.63, 3.8) is 0 Å². The number of hydrogen-bond acceptors (Lipinski definition) is 4. The summed E-state index contributed by atoms with van der Waals surface area (Å²) in [6.07, 6.45) is 3.54. The van der Waals surface area contributed by atoms with E-state index in [-0.39, 0.29) is 12.0 Å². The Kier molecular flexibility index (Phi) is 3.82. The summed E-state index contributed by atoms with van der Waals surface area (Å²) < 4.78 is 4.81. The fourth-order valence-electron chi connectivity index (χ4n) is 2.85. The standard InChI is InChI=1S/C12H22N2O2/c1-3-13-7-4-5-10(13)9-14-8-6-11(14)12(15)16-2/h10-11H,3-9H2,1-2H3. The lowest BCUT2D eigenvalue weighted by Gasteiger charge is -2.41. The van der Waals surface area contributed by atoms with Gasteiger partial charge in [0.05, 0.1) is 7.11 Å². The molecule has 0 amide bonds. The quantitative estimate of drug-likeness (QED) is 0.661. The van der Waals surface area contributed by atoms with E-state index >= 15 is 0 Å².